The fourth-order valence-corrected chi connectivity index (χ4v) is 3.88. The molecule has 0 saturated heterocycles. The van der Waals surface area contributed by atoms with Crippen molar-refractivity contribution in [3.63, 3.8) is 0 Å². The molecule has 7 nitrogen and oxygen atoms in total. The maximum Gasteiger partial charge on any atom is 0.273 e. The first-order valence-electron chi connectivity index (χ1n) is 11.8. The number of hydrogen-bond acceptors (Lipinski definition) is 4. The lowest BCUT2D eigenvalue weighted by Crippen LogP contribution is -2.52. The van der Waals surface area contributed by atoms with Crippen LogP contribution in [0.3, 0.4) is 0 Å². The average Bonchev–Trinajstić information content (AvgIpc) is 2.87. The van der Waals surface area contributed by atoms with Gasteiger partial charge in [-0.15, -0.1) is 0 Å². The largest absolute Gasteiger partial charge is 0.352 e. The van der Waals surface area contributed by atoms with Crippen molar-refractivity contribution in [2.45, 2.75) is 51.7 Å². The summed E-state index contributed by atoms with van der Waals surface area (Å²) in [4.78, 5) is 39.8. The second kappa shape index (κ2) is 12.5. The summed E-state index contributed by atoms with van der Waals surface area (Å²) in [5.74, 6) is -0.585. The molecule has 0 aromatic heterocycles. The van der Waals surface area contributed by atoms with Gasteiger partial charge in [0.2, 0.25) is 11.8 Å². The Labute approximate surface area is 205 Å². The third-order valence-corrected chi connectivity index (χ3v) is 6.00. The van der Waals surface area contributed by atoms with Gasteiger partial charge in [-0.05, 0) is 24.5 Å². The lowest BCUT2D eigenvalue weighted by Gasteiger charge is -2.32. The molecule has 0 aliphatic rings. The van der Waals surface area contributed by atoms with E-state index in [0.717, 1.165) is 17.5 Å². The van der Waals surface area contributed by atoms with Crippen molar-refractivity contribution in [3.05, 3.63) is 112 Å². The summed E-state index contributed by atoms with van der Waals surface area (Å²) in [5.41, 5.74) is 2.01. The molecule has 0 saturated carbocycles. The molecular formula is C28H31N3O4. The molecular weight excluding hydrogens is 442 g/mol. The van der Waals surface area contributed by atoms with E-state index in [-0.39, 0.29) is 36.5 Å². The van der Waals surface area contributed by atoms with Gasteiger partial charge in [-0.1, -0.05) is 85.8 Å². The number of para-hydroxylation sites is 1. The lowest BCUT2D eigenvalue weighted by atomic mass is 10.0. The summed E-state index contributed by atoms with van der Waals surface area (Å²) in [6.07, 6.45) is 0.914. The van der Waals surface area contributed by atoms with Crippen LogP contribution in [0.4, 0.5) is 5.69 Å². The highest BCUT2D eigenvalue weighted by Crippen LogP contribution is 2.21. The Bertz CT molecular complexity index is 1140. The smallest absolute Gasteiger partial charge is 0.273 e. The SMILES string of the molecule is CC[C@H](C)NC(=O)[C@@H](Cc1ccccc1)N(Cc1ccccc1)C(=O)Cc1ccccc1[N+](=O)[O-]. The minimum atomic E-state index is -0.776. The summed E-state index contributed by atoms with van der Waals surface area (Å²) in [6, 6.07) is 24.4. The second-order valence-electron chi connectivity index (χ2n) is 8.59. The Morgan fingerprint density at radius 3 is 2.09 bits per heavy atom. The van der Waals surface area contributed by atoms with Gasteiger partial charge in [0, 0.05) is 30.6 Å². The highest BCUT2D eigenvalue weighted by atomic mass is 16.6. The zero-order valence-corrected chi connectivity index (χ0v) is 20.1. The number of nitro groups is 1. The van der Waals surface area contributed by atoms with Crippen LogP contribution in [0.2, 0.25) is 0 Å². The van der Waals surface area contributed by atoms with Crippen LogP contribution in [0.15, 0.2) is 84.9 Å². The van der Waals surface area contributed by atoms with E-state index in [1.807, 2.05) is 74.5 Å². The fourth-order valence-electron chi connectivity index (χ4n) is 3.88. The standard InChI is InChI=1S/C28H31N3O4/c1-3-21(2)29-28(33)26(18-22-12-6-4-7-13-22)30(20-23-14-8-5-9-15-23)27(32)19-24-16-10-11-17-25(24)31(34)35/h4-17,21,26H,3,18-20H2,1-2H3,(H,29,33)/t21-,26+/m0/s1. The maximum atomic E-state index is 13.7. The summed E-state index contributed by atoms with van der Waals surface area (Å²) in [7, 11) is 0. The van der Waals surface area contributed by atoms with Gasteiger partial charge < -0.3 is 10.2 Å². The van der Waals surface area contributed by atoms with Crippen molar-refractivity contribution >= 4 is 17.5 Å². The highest BCUT2D eigenvalue weighted by molar-refractivity contribution is 5.89. The number of hydrogen-bond donors (Lipinski definition) is 1. The van der Waals surface area contributed by atoms with E-state index in [1.54, 1.807) is 23.1 Å². The first-order chi connectivity index (χ1) is 16.9. The molecule has 3 rings (SSSR count). The second-order valence-corrected chi connectivity index (χ2v) is 8.59. The molecule has 0 aliphatic heterocycles. The Kier molecular flexibility index (Phi) is 9.12. The molecule has 0 aliphatic carbocycles. The Balaban J connectivity index is 1.99. The van der Waals surface area contributed by atoms with Crippen LogP contribution in [0.25, 0.3) is 0 Å². The third kappa shape index (κ3) is 7.24. The highest BCUT2D eigenvalue weighted by Gasteiger charge is 2.32. The van der Waals surface area contributed by atoms with Crippen LogP contribution in [-0.4, -0.2) is 33.7 Å². The molecule has 2 atom stereocenters. The van der Waals surface area contributed by atoms with E-state index < -0.39 is 11.0 Å². The van der Waals surface area contributed by atoms with E-state index in [0.29, 0.717) is 12.0 Å². The lowest BCUT2D eigenvalue weighted by molar-refractivity contribution is -0.385. The normalized spacial score (nSPS) is 12.4. The van der Waals surface area contributed by atoms with Crippen LogP contribution in [0.5, 0.6) is 0 Å². The molecule has 35 heavy (non-hydrogen) atoms. The van der Waals surface area contributed by atoms with Crippen molar-refractivity contribution in [1.82, 2.24) is 10.2 Å². The first-order valence-corrected chi connectivity index (χ1v) is 11.8. The molecule has 7 heteroatoms. The Morgan fingerprint density at radius 2 is 1.49 bits per heavy atom. The molecule has 0 radical (unpaired) electrons. The summed E-state index contributed by atoms with van der Waals surface area (Å²) in [6.45, 7) is 4.12. The zero-order valence-electron chi connectivity index (χ0n) is 20.1. The van der Waals surface area contributed by atoms with Gasteiger partial charge in [-0.25, -0.2) is 0 Å². The fraction of sp³-hybridized carbons (Fsp3) is 0.286. The minimum absolute atomic E-state index is 0.0512. The Hall–Kier alpha value is -4.00. The quantitative estimate of drug-likeness (QED) is 0.323. The zero-order chi connectivity index (χ0) is 25.2. The predicted molar refractivity (Wildman–Crippen MR) is 136 cm³/mol. The van der Waals surface area contributed by atoms with Crippen molar-refractivity contribution in [2.75, 3.05) is 0 Å². The number of nitro benzene ring substituents is 1. The van der Waals surface area contributed by atoms with Gasteiger partial charge in [0.25, 0.3) is 5.69 Å². The number of nitrogens with one attached hydrogen (secondary N) is 1. The van der Waals surface area contributed by atoms with Crippen molar-refractivity contribution in [2.24, 2.45) is 0 Å². The number of carbonyl (C=O) groups excluding carboxylic acids is 2. The van der Waals surface area contributed by atoms with E-state index in [1.165, 1.54) is 6.07 Å². The van der Waals surface area contributed by atoms with Crippen LogP contribution in [-0.2, 0) is 29.0 Å². The molecule has 0 unspecified atom stereocenters. The molecule has 3 aromatic rings. The summed E-state index contributed by atoms with van der Waals surface area (Å²) >= 11 is 0. The molecule has 182 valence electrons. The van der Waals surface area contributed by atoms with Gasteiger partial charge in [-0.2, -0.15) is 0 Å². The number of nitrogens with zero attached hydrogens (tertiary/aromatic N) is 2. The van der Waals surface area contributed by atoms with Crippen LogP contribution in [0.1, 0.15) is 37.0 Å². The first kappa shape index (κ1) is 25.6. The molecule has 0 heterocycles. The van der Waals surface area contributed by atoms with Gasteiger partial charge in [-0.3, -0.25) is 19.7 Å². The van der Waals surface area contributed by atoms with E-state index >= 15 is 0 Å². The number of amides is 2. The van der Waals surface area contributed by atoms with Gasteiger partial charge >= 0.3 is 0 Å². The monoisotopic (exact) mass is 473 g/mol. The van der Waals surface area contributed by atoms with Crippen LogP contribution < -0.4 is 5.32 Å². The van der Waals surface area contributed by atoms with Gasteiger partial charge in [0.1, 0.15) is 6.04 Å². The van der Waals surface area contributed by atoms with E-state index in [4.69, 9.17) is 0 Å². The molecule has 0 spiro atoms. The van der Waals surface area contributed by atoms with Crippen LogP contribution in [0, 0.1) is 10.1 Å². The van der Waals surface area contributed by atoms with Crippen molar-refractivity contribution in [3.8, 4) is 0 Å². The molecule has 2 amide bonds. The summed E-state index contributed by atoms with van der Waals surface area (Å²) < 4.78 is 0. The Morgan fingerprint density at radius 1 is 0.914 bits per heavy atom. The molecule has 0 fully saturated rings. The predicted octanol–water partition coefficient (Wildman–Crippen LogP) is 4.69. The van der Waals surface area contributed by atoms with Gasteiger partial charge in [0.05, 0.1) is 11.3 Å². The number of carbonyl (C=O) groups is 2. The average molecular weight is 474 g/mol. The maximum absolute atomic E-state index is 13.7. The van der Waals surface area contributed by atoms with Gasteiger partial charge in [0.15, 0.2) is 0 Å². The third-order valence-electron chi connectivity index (χ3n) is 6.00. The van der Waals surface area contributed by atoms with E-state index in [2.05, 4.69) is 5.32 Å². The topological polar surface area (TPSA) is 92.6 Å². The summed E-state index contributed by atoms with van der Waals surface area (Å²) in [5, 5.41) is 14.5. The number of benzene rings is 3. The number of rotatable bonds is 11. The van der Waals surface area contributed by atoms with Crippen LogP contribution >= 0.6 is 0 Å². The van der Waals surface area contributed by atoms with Crippen molar-refractivity contribution < 1.29 is 14.5 Å². The van der Waals surface area contributed by atoms with Crippen molar-refractivity contribution in [1.29, 1.82) is 0 Å². The van der Waals surface area contributed by atoms with E-state index in [9.17, 15) is 19.7 Å². The molecule has 1 N–H and O–H groups in total. The molecule has 3 aromatic carbocycles. The minimum Gasteiger partial charge on any atom is -0.352 e. The molecule has 0 bridgehead atoms.